The average molecular weight is 252 g/mol. The van der Waals surface area contributed by atoms with Crippen molar-refractivity contribution in [1.82, 2.24) is 0 Å². The molecular weight excluding hydrogens is 241 g/mol. The van der Waals surface area contributed by atoms with Gasteiger partial charge >= 0.3 is 0 Å². The highest BCUT2D eigenvalue weighted by Crippen LogP contribution is 2.34. The summed E-state index contributed by atoms with van der Waals surface area (Å²) < 4.78 is 14.3. The Balaban J connectivity index is 2.92. The van der Waals surface area contributed by atoms with Gasteiger partial charge in [0.05, 0.1) is 6.04 Å². The molecule has 0 amide bonds. The molecule has 1 atom stereocenters. The van der Waals surface area contributed by atoms with Crippen molar-refractivity contribution in [3.8, 4) is 0 Å². The Morgan fingerprint density at radius 2 is 2.25 bits per heavy atom. The van der Waals surface area contributed by atoms with Crippen LogP contribution in [0.15, 0.2) is 15.9 Å². The van der Waals surface area contributed by atoms with E-state index in [2.05, 4.69) is 15.9 Å². The molecule has 1 aromatic rings. The first-order valence-electron chi connectivity index (χ1n) is 3.60. The molecule has 68 valence electrons. The van der Waals surface area contributed by atoms with Gasteiger partial charge in [-0.1, -0.05) is 0 Å². The third kappa shape index (κ3) is 2.06. The molecule has 0 spiro atoms. The van der Waals surface area contributed by atoms with Crippen molar-refractivity contribution in [2.75, 3.05) is 0 Å². The fourth-order valence-electron chi connectivity index (χ4n) is 0.839. The maximum Gasteiger partial charge on any atom is 0.125 e. The molecule has 0 aliphatic heterocycles. The Hall–Kier alpha value is 0.0700. The highest BCUT2D eigenvalue weighted by atomic mass is 79.9. The second kappa shape index (κ2) is 3.44. The highest BCUT2D eigenvalue weighted by Gasteiger charge is 2.29. The second-order valence-corrected chi connectivity index (χ2v) is 4.98. The standard InChI is InChI=1S/C8H11BrFNS/c1-8(2,10)7(11)6-5(9)3-4-12-6/h3-4,7H,11H2,1-2H3. The fourth-order valence-corrected chi connectivity index (χ4v) is 2.63. The van der Waals surface area contributed by atoms with Gasteiger partial charge in [0.25, 0.3) is 0 Å². The van der Waals surface area contributed by atoms with E-state index < -0.39 is 11.7 Å². The molecule has 1 heterocycles. The van der Waals surface area contributed by atoms with Crippen LogP contribution in [0.1, 0.15) is 24.8 Å². The van der Waals surface area contributed by atoms with Gasteiger partial charge in [0.2, 0.25) is 0 Å². The highest BCUT2D eigenvalue weighted by molar-refractivity contribution is 9.10. The first-order chi connectivity index (χ1) is 5.43. The van der Waals surface area contributed by atoms with Crippen molar-refractivity contribution in [3.05, 3.63) is 20.8 Å². The molecule has 1 rings (SSSR count). The summed E-state index contributed by atoms with van der Waals surface area (Å²) in [5.41, 5.74) is 4.36. The molecular formula is C8H11BrFNS. The molecule has 1 aromatic heterocycles. The second-order valence-electron chi connectivity index (χ2n) is 3.17. The summed E-state index contributed by atoms with van der Waals surface area (Å²) in [7, 11) is 0. The van der Waals surface area contributed by atoms with E-state index in [1.165, 1.54) is 25.2 Å². The van der Waals surface area contributed by atoms with Crippen LogP contribution < -0.4 is 5.73 Å². The SMILES string of the molecule is CC(C)(F)C(N)c1sccc1Br. The Morgan fingerprint density at radius 3 is 2.58 bits per heavy atom. The Kier molecular flexibility index (Phi) is 2.91. The first kappa shape index (κ1) is 10.2. The van der Waals surface area contributed by atoms with Crippen LogP contribution in [-0.2, 0) is 0 Å². The monoisotopic (exact) mass is 251 g/mol. The smallest absolute Gasteiger partial charge is 0.125 e. The van der Waals surface area contributed by atoms with Crippen LogP contribution in [0, 0.1) is 0 Å². The van der Waals surface area contributed by atoms with Gasteiger partial charge in [-0.3, -0.25) is 0 Å². The average Bonchev–Trinajstić information content (AvgIpc) is 2.31. The van der Waals surface area contributed by atoms with Gasteiger partial charge in [0.15, 0.2) is 0 Å². The minimum atomic E-state index is -1.37. The number of nitrogens with two attached hydrogens (primary N) is 1. The Labute approximate surface area is 83.9 Å². The zero-order valence-corrected chi connectivity index (χ0v) is 9.38. The van der Waals surface area contributed by atoms with Crippen LogP contribution in [0.4, 0.5) is 4.39 Å². The number of alkyl halides is 1. The molecule has 0 fully saturated rings. The zero-order valence-electron chi connectivity index (χ0n) is 6.97. The molecule has 1 unspecified atom stereocenters. The van der Waals surface area contributed by atoms with Gasteiger partial charge in [-0.2, -0.15) is 0 Å². The number of halogens is 2. The van der Waals surface area contributed by atoms with E-state index in [-0.39, 0.29) is 0 Å². The predicted octanol–water partition coefficient (Wildman–Crippen LogP) is 3.26. The maximum absolute atomic E-state index is 13.4. The lowest BCUT2D eigenvalue weighted by Gasteiger charge is -2.22. The number of hydrogen-bond donors (Lipinski definition) is 1. The molecule has 12 heavy (non-hydrogen) atoms. The summed E-state index contributed by atoms with van der Waals surface area (Å²) in [6.07, 6.45) is 0. The van der Waals surface area contributed by atoms with E-state index in [4.69, 9.17) is 5.73 Å². The molecule has 4 heteroatoms. The third-order valence-electron chi connectivity index (χ3n) is 1.67. The summed E-state index contributed by atoms with van der Waals surface area (Å²) in [4.78, 5) is 0.863. The largest absolute Gasteiger partial charge is 0.321 e. The van der Waals surface area contributed by atoms with Crippen molar-refractivity contribution in [2.24, 2.45) is 5.73 Å². The Morgan fingerprint density at radius 1 is 1.67 bits per heavy atom. The van der Waals surface area contributed by atoms with E-state index in [1.807, 2.05) is 11.4 Å². The molecule has 0 aromatic carbocycles. The number of hydrogen-bond acceptors (Lipinski definition) is 2. The van der Waals surface area contributed by atoms with Gasteiger partial charge in [0, 0.05) is 9.35 Å². The van der Waals surface area contributed by atoms with Crippen LogP contribution in [0.3, 0.4) is 0 Å². The van der Waals surface area contributed by atoms with Crippen molar-refractivity contribution in [1.29, 1.82) is 0 Å². The van der Waals surface area contributed by atoms with E-state index in [1.54, 1.807) is 0 Å². The fraction of sp³-hybridized carbons (Fsp3) is 0.500. The maximum atomic E-state index is 13.4. The van der Waals surface area contributed by atoms with Crippen LogP contribution >= 0.6 is 27.3 Å². The minimum Gasteiger partial charge on any atom is -0.321 e. The van der Waals surface area contributed by atoms with Gasteiger partial charge in [0.1, 0.15) is 5.67 Å². The van der Waals surface area contributed by atoms with E-state index >= 15 is 0 Å². The molecule has 0 saturated heterocycles. The minimum absolute atomic E-state index is 0.549. The lowest BCUT2D eigenvalue weighted by atomic mass is 10.0. The van der Waals surface area contributed by atoms with Gasteiger partial charge in [-0.25, -0.2) is 4.39 Å². The van der Waals surface area contributed by atoms with Crippen molar-refractivity contribution in [2.45, 2.75) is 25.6 Å². The summed E-state index contributed by atoms with van der Waals surface area (Å²) in [5.74, 6) is 0. The molecule has 0 radical (unpaired) electrons. The van der Waals surface area contributed by atoms with Crippen LogP contribution in [0.2, 0.25) is 0 Å². The quantitative estimate of drug-likeness (QED) is 0.858. The van der Waals surface area contributed by atoms with Crippen LogP contribution in [-0.4, -0.2) is 5.67 Å². The van der Waals surface area contributed by atoms with E-state index in [9.17, 15) is 4.39 Å². The first-order valence-corrected chi connectivity index (χ1v) is 5.27. The van der Waals surface area contributed by atoms with Gasteiger partial charge in [-0.15, -0.1) is 11.3 Å². The number of thiophene rings is 1. The van der Waals surface area contributed by atoms with Crippen molar-refractivity contribution >= 4 is 27.3 Å². The van der Waals surface area contributed by atoms with Crippen LogP contribution in [0.25, 0.3) is 0 Å². The topological polar surface area (TPSA) is 26.0 Å². The van der Waals surface area contributed by atoms with Crippen LogP contribution in [0.5, 0.6) is 0 Å². The number of rotatable bonds is 2. The predicted molar refractivity (Wildman–Crippen MR) is 54.1 cm³/mol. The summed E-state index contributed by atoms with van der Waals surface area (Å²) >= 11 is 4.80. The van der Waals surface area contributed by atoms with Gasteiger partial charge in [-0.05, 0) is 41.2 Å². The summed E-state index contributed by atoms with van der Waals surface area (Å²) in [6.45, 7) is 2.98. The zero-order chi connectivity index (χ0) is 9.35. The molecule has 2 N–H and O–H groups in total. The molecule has 0 saturated carbocycles. The van der Waals surface area contributed by atoms with Crippen molar-refractivity contribution < 1.29 is 4.39 Å². The molecule has 0 aliphatic carbocycles. The van der Waals surface area contributed by atoms with Gasteiger partial charge < -0.3 is 5.73 Å². The van der Waals surface area contributed by atoms with E-state index in [0.29, 0.717) is 0 Å². The molecule has 0 bridgehead atoms. The molecule has 0 aliphatic rings. The lowest BCUT2D eigenvalue weighted by Crippen LogP contribution is -2.30. The summed E-state index contributed by atoms with van der Waals surface area (Å²) in [6, 6.07) is 1.33. The van der Waals surface area contributed by atoms with Crippen molar-refractivity contribution in [3.63, 3.8) is 0 Å². The van der Waals surface area contributed by atoms with E-state index in [0.717, 1.165) is 9.35 Å². The normalized spacial score (nSPS) is 14.8. The molecule has 1 nitrogen and oxygen atoms in total. The Bertz CT molecular complexity index is 266. The lowest BCUT2D eigenvalue weighted by molar-refractivity contribution is 0.175. The summed E-state index contributed by atoms with van der Waals surface area (Å²) in [5, 5.41) is 1.89. The third-order valence-corrected chi connectivity index (χ3v) is 3.62.